The Labute approximate surface area is 254 Å². The van der Waals surface area contributed by atoms with Gasteiger partial charge >= 0.3 is 0 Å². The summed E-state index contributed by atoms with van der Waals surface area (Å²) in [4.78, 5) is 32.2. The molecule has 5 aromatic rings. The van der Waals surface area contributed by atoms with Gasteiger partial charge in [-0.25, -0.2) is 0 Å². The minimum Gasteiger partial charge on any atom is -0.504 e. The van der Waals surface area contributed by atoms with Crippen molar-refractivity contribution in [3.05, 3.63) is 63.4 Å². The second kappa shape index (κ2) is 9.56. The number of nitrogens with one attached hydrogen (secondary N) is 3. The Balaban J connectivity index is 1.56. The van der Waals surface area contributed by atoms with E-state index in [0.29, 0.717) is 45.9 Å². The Morgan fingerprint density at radius 2 is 1.44 bits per heavy atom. The van der Waals surface area contributed by atoms with Crippen LogP contribution in [0.1, 0.15) is 29.2 Å². The van der Waals surface area contributed by atoms with Gasteiger partial charge in [0.1, 0.15) is 0 Å². The van der Waals surface area contributed by atoms with Crippen molar-refractivity contribution in [2.45, 2.75) is 26.8 Å². The molecule has 0 saturated heterocycles. The number of aromatic amines is 2. The van der Waals surface area contributed by atoms with E-state index in [1.165, 1.54) is 19.2 Å². The molecule has 228 valence electrons. The third-order valence-electron chi connectivity index (χ3n) is 8.98. The van der Waals surface area contributed by atoms with E-state index in [1.54, 1.807) is 25.3 Å². The molecule has 11 N–H and O–H groups in total. The number of carbonyl (C=O) groups is 2. The second-order valence-electron chi connectivity index (χ2n) is 11.2. The van der Waals surface area contributed by atoms with Gasteiger partial charge in [-0.2, -0.15) is 0 Å². The minimum atomic E-state index is -0.858. The number of rotatable bonds is 4. The maximum absolute atomic E-state index is 13.4. The summed E-state index contributed by atoms with van der Waals surface area (Å²) in [6.07, 6.45) is 3.41. The van der Waals surface area contributed by atoms with Crippen molar-refractivity contribution in [1.29, 1.82) is 0 Å². The molecule has 0 radical (unpaired) electrons. The highest BCUT2D eigenvalue weighted by Crippen LogP contribution is 2.59. The number of phenolic OH excluding ortho intramolecular Hbond substituents is 6. The van der Waals surface area contributed by atoms with E-state index >= 15 is 0 Å². The molecule has 0 bridgehead atoms. The summed E-state index contributed by atoms with van der Waals surface area (Å²) in [7, 11) is 0. The zero-order valence-corrected chi connectivity index (χ0v) is 24.1. The van der Waals surface area contributed by atoms with E-state index < -0.39 is 46.1 Å². The van der Waals surface area contributed by atoms with E-state index in [9.17, 15) is 40.2 Å². The summed E-state index contributed by atoms with van der Waals surface area (Å²) >= 11 is 0. The number of fused-ring (bicyclic) bond motifs is 3. The highest BCUT2D eigenvalue weighted by molar-refractivity contribution is 6.64. The number of ketones is 2. The number of aromatic hydroxyl groups is 6. The van der Waals surface area contributed by atoms with Crippen LogP contribution in [0.4, 0.5) is 5.69 Å². The molecule has 2 aliphatic rings. The van der Waals surface area contributed by atoms with Crippen molar-refractivity contribution >= 4 is 39.3 Å². The second-order valence-corrected chi connectivity index (χ2v) is 11.2. The summed E-state index contributed by atoms with van der Waals surface area (Å²) in [6.45, 7) is 3.53. The topological polar surface area (TPSA) is 225 Å². The number of H-pyrrole nitrogens is 2. The third kappa shape index (κ3) is 3.56. The molecule has 3 aromatic carbocycles. The summed E-state index contributed by atoms with van der Waals surface area (Å²) in [5.41, 5.74) is 7.79. The Bertz CT molecular complexity index is 2310. The quantitative estimate of drug-likeness (QED) is 0.0814. The van der Waals surface area contributed by atoms with Gasteiger partial charge < -0.3 is 51.7 Å². The van der Waals surface area contributed by atoms with Crippen molar-refractivity contribution in [2.75, 3.05) is 11.9 Å². The van der Waals surface area contributed by atoms with Crippen molar-refractivity contribution in [1.82, 2.24) is 9.97 Å². The number of carbonyl (C=O) groups excluding carboxylic acids is 2. The molecular weight excluding hydrogens is 580 g/mol. The van der Waals surface area contributed by atoms with Gasteiger partial charge in [0, 0.05) is 63.9 Å². The van der Waals surface area contributed by atoms with E-state index in [4.69, 9.17) is 5.73 Å². The third-order valence-corrected chi connectivity index (χ3v) is 8.98. The lowest BCUT2D eigenvalue weighted by molar-refractivity contribution is -0.130. The van der Waals surface area contributed by atoms with Gasteiger partial charge in [-0.05, 0) is 55.2 Å². The van der Waals surface area contributed by atoms with Crippen molar-refractivity contribution in [3.8, 4) is 56.8 Å². The van der Waals surface area contributed by atoms with Crippen LogP contribution in [0.2, 0.25) is 0 Å². The van der Waals surface area contributed by atoms with Crippen molar-refractivity contribution in [3.63, 3.8) is 0 Å². The Hall–Kier alpha value is -5.88. The molecule has 0 fully saturated rings. The van der Waals surface area contributed by atoms with Crippen LogP contribution in [-0.2, 0) is 22.6 Å². The lowest BCUT2D eigenvalue weighted by Crippen LogP contribution is -2.39. The first-order valence-corrected chi connectivity index (χ1v) is 14.1. The monoisotopic (exact) mass is 608 g/mol. The summed E-state index contributed by atoms with van der Waals surface area (Å²) in [5, 5.41) is 71.9. The van der Waals surface area contributed by atoms with Gasteiger partial charge in [0.05, 0.1) is 27.7 Å². The average molecular weight is 609 g/mol. The largest absolute Gasteiger partial charge is 0.504 e. The van der Waals surface area contributed by atoms with Gasteiger partial charge in [0.2, 0.25) is 11.6 Å². The van der Waals surface area contributed by atoms with Gasteiger partial charge in [-0.1, -0.05) is 0 Å². The van der Waals surface area contributed by atoms with Crippen LogP contribution < -0.4 is 21.6 Å². The molecule has 1 aliphatic heterocycles. The van der Waals surface area contributed by atoms with E-state index in [0.717, 1.165) is 0 Å². The average Bonchev–Trinajstić information content (AvgIpc) is 3.81. The van der Waals surface area contributed by atoms with Crippen LogP contribution in [0, 0.1) is 6.92 Å². The molecule has 2 aromatic heterocycles. The molecular formula is C33H28N4O8. The molecule has 7 rings (SSSR count). The minimum absolute atomic E-state index is 0.0369. The molecule has 0 atom stereocenters. The molecule has 0 amide bonds. The van der Waals surface area contributed by atoms with Gasteiger partial charge in [-0.15, -0.1) is 0 Å². The van der Waals surface area contributed by atoms with Crippen LogP contribution in [0.5, 0.6) is 34.5 Å². The van der Waals surface area contributed by atoms with Crippen LogP contribution in [-0.4, -0.2) is 58.7 Å². The lowest BCUT2D eigenvalue weighted by atomic mass is 9.85. The first-order chi connectivity index (χ1) is 21.5. The first-order valence-electron chi connectivity index (χ1n) is 14.1. The van der Waals surface area contributed by atoms with Crippen LogP contribution in [0.3, 0.4) is 0 Å². The molecule has 45 heavy (non-hydrogen) atoms. The Morgan fingerprint density at radius 3 is 2.18 bits per heavy atom. The molecule has 3 heterocycles. The highest BCUT2D eigenvalue weighted by atomic mass is 16.3. The van der Waals surface area contributed by atoms with E-state index in [2.05, 4.69) is 15.3 Å². The predicted octanol–water partition coefficient (Wildman–Crippen LogP) is 2.32. The lowest BCUT2D eigenvalue weighted by Gasteiger charge is -2.22. The fraction of sp³-hybridized carbons (Fsp3) is 0.152. The SMILES string of the molecule is CC1=c2[nH]ccc2=C(c2c(O)c(O)c(-c3c(O)c(O)c(-c4cc(CN)c(C)c(O)c4O)c4c3NCC4)c3cc[nH]c23)C(=O)C1=O. The number of Topliss-reactive ketones (excluding diaryl/α,β-unsaturated/α-hetero) is 2. The highest BCUT2D eigenvalue weighted by Gasteiger charge is 2.36. The molecule has 0 unspecified atom stereocenters. The zero-order chi connectivity index (χ0) is 32.1. The van der Waals surface area contributed by atoms with E-state index in [1.807, 2.05) is 0 Å². The summed E-state index contributed by atoms with van der Waals surface area (Å²) in [6, 6.07) is 4.71. The molecule has 12 nitrogen and oxygen atoms in total. The molecule has 0 spiro atoms. The van der Waals surface area contributed by atoms with Gasteiger partial charge in [0.25, 0.3) is 0 Å². The first kappa shape index (κ1) is 27.9. The zero-order valence-electron chi connectivity index (χ0n) is 24.1. The number of aromatic nitrogens is 2. The van der Waals surface area contributed by atoms with Crippen molar-refractivity contribution in [2.24, 2.45) is 5.73 Å². The molecule has 0 saturated carbocycles. The number of phenols is 6. The van der Waals surface area contributed by atoms with Crippen LogP contribution in [0.25, 0.3) is 44.3 Å². The standard InChI is InChI=1S/C33H28N4O8/c1-11-13(10-34)9-17(28(40)26(11)38)18-14-3-7-36-24(14)22(32(44)29(18)41)20-16-5-8-37-25(16)21(33(45)31(20)43)19-15-4-6-35-23(15)12(2)27(39)30(19)42/h4-6,8-9,35-38,40-41,43-45H,3,7,10,34H2,1-2H3. The van der Waals surface area contributed by atoms with Gasteiger partial charge in [-0.3, -0.25) is 9.59 Å². The van der Waals surface area contributed by atoms with E-state index in [-0.39, 0.29) is 56.4 Å². The normalized spacial score (nSPS) is 14.3. The molecule has 12 heteroatoms. The number of hydrogen-bond donors (Lipinski definition) is 10. The number of nitrogens with two attached hydrogens (primary N) is 1. The Kier molecular flexibility index (Phi) is 5.93. The number of anilines is 1. The predicted molar refractivity (Wildman–Crippen MR) is 166 cm³/mol. The fourth-order valence-electron chi connectivity index (χ4n) is 6.70. The summed E-state index contributed by atoms with van der Waals surface area (Å²) < 4.78 is 0. The maximum Gasteiger partial charge on any atom is 0.234 e. The Morgan fingerprint density at radius 1 is 0.778 bits per heavy atom. The number of hydrogen-bond acceptors (Lipinski definition) is 10. The van der Waals surface area contributed by atoms with Crippen LogP contribution in [0.15, 0.2) is 30.6 Å². The number of benzene rings is 3. The smallest absolute Gasteiger partial charge is 0.234 e. The summed E-state index contributed by atoms with van der Waals surface area (Å²) in [5.74, 6) is -5.25. The maximum atomic E-state index is 13.4. The fourth-order valence-corrected chi connectivity index (χ4v) is 6.70. The molecule has 1 aliphatic carbocycles. The van der Waals surface area contributed by atoms with Crippen LogP contribution >= 0.6 is 0 Å². The van der Waals surface area contributed by atoms with Gasteiger partial charge in [0.15, 0.2) is 34.5 Å². The van der Waals surface area contributed by atoms with Crippen molar-refractivity contribution < 1.29 is 40.2 Å².